The van der Waals surface area contributed by atoms with Crippen molar-refractivity contribution in [3.8, 4) is 0 Å². The molecule has 1 heterocycles. The average Bonchev–Trinajstić information content (AvgIpc) is 2.66. The first kappa shape index (κ1) is 21.4. The van der Waals surface area contributed by atoms with Gasteiger partial charge in [0.15, 0.2) is 5.78 Å². The summed E-state index contributed by atoms with van der Waals surface area (Å²) in [6, 6.07) is 7.93. The molecule has 30 heavy (non-hydrogen) atoms. The third-order valence-corrected chi connectivity index (χ3v) is 6.96. The van der Waals surface area contributed by atoms with Crippen LogP contribution in [0.15, 0.2) is 51.3 Å². The smallest absolute Gasteiger partial charge is 0.337 e. The van der Waals surface area contributed by atoms with Crippen molar-refractivity contribution in [1.29, 1.82) is 0 Å². The summed E-state index contributed by atoms with van der Waals surface area (Å²) in [5, 5.41) is 3.41. The number of ketones is 1. The molecule has 2 aliphatic carbocycles. The molecule has 1 atom stereocenters. The van der Waals surface area contributed by atoms with Crippen molar-refractivity contribution in [2.75, 3.05) is 0 Å². The van der Waals surface area contributed by atoms with Crippen molar-refractivity contribution in [2.45, 2.75) is 77.7 Å². The molecule has 3 aliphatic rings. The number of rotatable bonds is 3. The molecule has 0 amide bonds. The minimum atomic E-state index is -0.390. The Morgan fingerprint density at radius 3 is 2.60 bits per heavy atom. The van der Waals surface area contributed by atoms with E-state index in [0.29, 0.717) is 12.0 Å². The summed E-state index contributed by atoms with van der Waals surface area (Å²) >= 11 is 3.55. The highest BCUT2D eigenvalue weighted by molar-refractivity contribution is 9.10. The van der Waals surface area contributed by atoms with Gasteiger partial charge in [0.2, 0.25) is 0 Å². The molecule has 5 heteroatoms. The lowest BCUT2D eigenvalue weighted by molar-refractivity contribution is -0.146. The van der Waals surface area contributed by atoms with E-state index in [4.69, 9.17) is 4.74 Å². The van der Waals surface area contributed by atoms with E-state index in [0.717, 1.165) is 59.1 Å². The second kappa shape index (κ2) is 8.33. The molecule has 0 bridgehead atoms. The van der Waals surface area contributed by atoms with Gasteiger partial charge >= 0.3 is 5.97 Å². The van der Waals surface area contributed by atoms with Crippen molar-refractivity contribution in [2.24, 2.45) is 5.41 Å². The quantitative estimate of drug-likeness (QED) is 0.555. The van der Waals surface area contributed by atoms with Crippen LogP contribution in [0.1, 0.15) is 77.2 Å². The van der Waals surface area contributed by atoms with E-state index in [2.05, 4.69) is 35.1 Å². The molecule has 0 spiro atoms. The summed E-state index contributed by atoms with van der Waals surface area (Å²) in [6.07, 6.45) is 6.52. The maximum atomic E-state index is 13.4. The fourth-order valence-corrected chi connectivity index (χ4v) is 5.54. The molecule has 4 rings (SSSR count). The van der Waals surface area contributed by atoms with E-state index in [-0.39, 0.29) is 23.3 Å². The number of nitrogens with one attached hydrogen (secondary N) is 1. The monoisotopic (exact) mass is 471 g/mol. The van der Waals surface area contributed by atoms with E-state index in [9.17, 15) is 9.59 Å². The first-order valence-corrected chi connectivity index (χ1v) is 11.7. The first-order chi connectivity index (χ1) is 14.2. The van der Waals surface area contributed by atoms with Crippen molar-refractivity contribution >= 4 is 27.7 Å². The van der Waals surface area contributed by atoms with E-state index < -0.39 is 5.92 Å². The van der Waals surface area contributed by atoms with Gasteiger partial charge in [0.25, 0.3) is 0 Å². The lowest BCUT2D eigenvalue weighted by Crippen LogP contribution is -2.39. The maximum absolute atomic E-state index is 13.4. The van der Waals surface area contributed by atoms with Gasteiger partial charge in [0.05, 0.1) is 5.57 Å². The number of carbonyl (C=O) groups is 2. The van der Waals surface area contributed by atoms with Gasteiger partial charge in [-0.1, -0.05) is 48.3 Å². The normalized spacial score (nSPS) is 24.4. The molecule has 4 nitrogen and oxygen atoms in total. The number of esters is 1. The highest BCUT2D eigenvalue weighted by Gasteiger charge is 2.43. The van der Waals surface area contributed by atoms with Gasteiger partial charge in [-0.2, -0.15) is 0 Å². The number of carbonyl (C=O) groups excluding carboxylic acids is 2. The van der Waals surface area contributed by atoms with Crippen LogP contribution in [0.4, 0.5) is 0 Å². The molecule has 0 saturated heterocycles. The third kappa shape index (κ3) is 4.27. The summed E-state index contributed by atoms with van der Waals surface area (Å²) in [5.41, 5.74) is 3.91. The first-order valence-electron chi connectivity index (χ1n) is 11.0. The number of Topliss-reactive ketones (excluding diaryl/α,β-unsaturated/α-hetero) is 1. The topological polar surface area (TPSA) is 55.4 Å². The SMILES string of the molecule is CC1=C(C(=O)OC2CCCCC2)C(c2cccc(Br)c2)C2=C(CC(C)(C)CC2=O)N1. The lowest BCUT2D eigenvalue weighted by atomic mass is 9.68. The summed E-state index contributed by atoms with van der Waals surface area (Å²) in [7, 11) is 0. The molecule has 1 saturated carbocycles. The Bertz CT molecular complexity index is 937. The van der Waals surface area contributed by atoms with Gasteiger partial charge < -0.3 is 10.1 Å². The van der Waals surface area contributed by atoms with Crippen LogP contribution in [0.25, 0.3) is 0 Å². The molecule has 1 N–H and O–H groups in total. The van der Waals surface area contributed by atoms with E-state index in [1.54, 1.807) is 0 Å². The molecule has 160 valence electrons. The Morgan fingerprint density at radius 1 is 1.17 bits per heavy atom. The van der Waals surface area contributed by atoms with Gasteiger partial charge in [-0.15, -0.1) is 0 Å². The van der Waals surface area contributed by atoms with Gasteiger partial charge in [-0.05, 0) is 62.1 Å². The Kier molecular flexibility index (Phi) is 5.93. The number of allylic oxidation sites excluding steroid dienone is 3. The van der Waals surface area contributed by atoms with Gasteiger partial charge in [0.1, 0.15) is 6.10 Å². The summed E-state index contributed by atoms with van der Waals surface area (Å²) < 4.78 is 6.89. The van der Waals surface area contributed by atoms with Crippen LogP contribution in [0.5, 0.6) is 0 Å². The predicted octanol–water partition coefficient (Wildman–Crippen LogP) is 5.93. The summed E-state index contributed by atoms with van der Waals surface area (Å²) in [5.74, 6) is -0.561. The Hall–Kier alpha value is -1.88. The highest BCUT2D eigenvalue weighted by atomic mass is 79.9. The molecule has 0 radical (unpaired) electrons. The fraction of sp³-hybridized carbons (Fsp3) is 0.520. The van der Waals surface area contributed by atoms with E-state index in [1.807, 2.05) is 31.2 Å². The lowest BCUT2D eigenvalue weighted by Gasteiger charge is -2.39. The molecular weight excluding hydrogens is 442 g/mol. The van der Waals surface area contributed by atoms with Gasteiger partial charge in [-0.3, -0.25) is 4.79 Å². The number of hydrogen-bond donors (Lipinski definition) is 1. The minimum Gasteiger partial charge on any atom is -0.459 e. The molecule has 1 unspecified atom stereocenters. The number of hydrogen-bond acceptors (Lipinski definition) is 4. The Labute approximate surface area is 187 Å². The number of ether oxygens (including phenoxy) is 1. The zero-order valence-electron chi connectivity index (χ0n) is 18.0. The molecular formula is C25H30BrNO3. The Balaban J connectivity index is 1.76. The Morgan fingerprint density at radius 2 is 1.90 bits per heavy atom. The van der Waals surface area contributed by atoms with Crippen LogP contribution in [0.3, 0.4) is 0 Å². The van der Waals surface area contributed by atoms with Crippen LogP contribution in [-0.2, 0) is 14.3 Å². The molecule has 1 aliphatic heterocycles. The zero-order chi connectivity index (χ0) is 21.5. The van der Waals surface area contributed by atoms with Crippen molar-refractivity contribution < 1.29 is 14.3 Å². The van der Waals surface area contributed by atoms with Gasteiger partial charge in [-0.25, -0.2) is 4.79 Å². The fourth-order valence-electron chi connectivity index (χ4n) is 5.12. The molecule has 1 fully saturated rings. The largest absolute Gasteiger partial charge is 0.459 e. The van der Waals surface area contributed by atoms with Gasteiger partial charge in [0, 0.05) is 33.8 Å². The number of dihydropyridines is 1. The minimum absolute atomic E-state index is 0.0222. The highest BCUT2D eigenvalue weighted by Crippen LogP contribution is 2.47. The average molecular weight is 472 g/mol. The molecule has 1 aromatic carbocycles. The van der Waals surface area contributed by atoms with Crippen molar-refractivity contribution in [3.63, 3.8) is 0 Å². The molecule has 1 aromatic rings. The van der Waals surface area contributed by atoms with E-state index in [1.165, 1.54) is 6.42 Å². The van der Waals surface area contributed by atoms with Crippen molar-refractivity contribution in [3.05, 3.63) is 56.8 Å². The maximum Gasteiger partial charge on any atom is 0.337 e. The van der Waals surface area contributed by atoms with Crippen LogP contribution >= 0.6 is 15.9 Å². The standard InChI is InChI=1S/C25H30BrNO3/c1-15-21(24(29)30-18-10-5-4-6-11-18)22(16-8-7-9-17(26)12-16)23-19(27-15)13-25(2,3)14-20(23)28/h7-9,12,18,22,27H,4-6,10-11,13-14H2,1-3H3. The van der Waals surface area contributed by atoms with E-state index >= 15 is 0 Å². The van der Waals surface area contributed by atoms with Crippen LogP contribution in [-0.4, -0.2) is 17.9 Å². The third-order valence-electron chi connectivity index (χ3n) is 6.47. The number of halogens is 1. The predicted molar refractivity (Wildman–Crippen MR) is 121 cm³/mol. The zero-order valence-corrected chi connectivity index (χ0v) is 19.6. The number of benzene rings is 1. The second-order valence-corrected chi connectivity index (χ2v) is 10.6. The molecule has 0 aromatic heterocycles. The van der Waals surface area contributed by atoms with Crippen LogP contribution in [0, 0.1) is 5.41 Å². The van der Waals surface area contributed by atoms with Crippen molar-refractivity contribution in [1.82, 2.24) is 5.32 Å². The van der Waals surface area contributed by atoms with Crippen LogP contribution in [0.2, 0.25) is 0 Å². The second-order valence-electron chi connectivity index (χ2n) is 9.65. The summed E-state index contributed by atoms with van der Waals surface area (Å²) in [4.78, 5) is 26.7. The summed E-state index contributed by atoms with van der Waals surface area (Å²) in [6.45, 7) is 6.17. The van der Waals surface area contributed by atoms with Crippen LogP contribution < -0.4 is 5.32 Å².